The van der Waals surface area contributed by atoms with Gasteiger partial charge in [0.15, 0.2) is 0 Å². The number of hydrogen-bond acceptors (Lipinski definition) is 1. The zero-order valence-electron chi connectivity index (χ0n) is 15.7. The Hall–Kier alpha value is -0.0400. The maximum Gasteiger partial charge on any atom is 0.00982 e. The summed E-state index contributed by atoms with van der Waals surface area (Å²) in [6, 6.07) is 0.846. The van der Waals surface area contributed by atoms with Crippen LogP contribution < -0.4 is 0 Å². The van der Waals surface area contributed by atoms with E-state index in [4.69, 9.17) is 0 Å². The van der Waals surface area contributed by atoms with E-state index in [0.29, 0.717) is 0 Å². The van der Waals surface area contributed by atoms with Crippen LogP contribution in [-0.4, -0.2) is 24.5 Å². The van der Waals surface area contributed by atoms with Gasteiger partial charge in [0, 0.05) is 12.6 Å². The van der Waals surface area contributed by atoms with Gasteiger partial charge in [0.05, 0.1) is 0 Å². The molecule has 0 bridgehead atoms. The minimum Gasteiger partial charge on any atom is -0.303 e. The van der Waals surface area contributed by atoms with Crippen LogP contribution in [0.15, 0.2) is 0 Å². The first-order valence-electron chi connectivity index (χ1n) is 10.8. The highest BCUT2D eigenvalue weighted by Gasteiger charge is 2.64. The summed E-state index contributed by atoms with van der Waals surface area (Å²) < 4.78 is 0. The van der Waals surface area contributed by atoms with Gasteiger partial charge in [-0.3, -0.25) is 0 Å². The molecule has 5 rings (SSSR count). The fourth-order valence-electron chi connectivity index (χ4n) is 9.10. The van der Waals surface area contributed by atoms with Crippen molar-refractivity contribution in [3.63, 3.8) is 0 Å². The van der Waals surface area contributed by atoms with Gasteiger partial charge in [0.2, 0.25) is 0 Å². The Morgan fingerprint density at radius 3 is 2.52 bits per heavy atom. The van der Waals surface area contributed by atoms with E-state index in [1.54, 1.807) is 51.4 Å². The molecule has 1 spiro atoms. The zero-order chi connectivity index (χ0) is 15.8. The lowest BCUT2D eigenvalue weighted by molar-refractivity contribution is -0.109. The van der Waals surface area contributed by atoms with Crippen molar-refractivity contribution in [2.45, 2.75) is 84.1 Å². The van der Waals surface area contributed by atoms with E-state index >= 15 is 0 Å². The molecule has 1 heterocycles. The van der Waals surface area contributed by atoms with Gasteiger partial charge in [-0.15, -0.1) is 0 Å². The monoisotopic (exact) mass is 315 g/mol. The molecule has 0 aromatic carbocycles. The minimum absolute atomic E-state index is 0.719. The van der Waals surface area contributed by atoms with E-state index in [9.17, 15) is 0 Å². The van der Waals surface area contributed by atoms with Crippen molar-refractivity contribution in [2.24, 2.45) is 40.4 Å². The van der Waals surface area contributed by atoms with Crippen molar-refractivity contribution in [3.05, 3.63) is 0 Å². The Balaban J connectivity index is 1.47. The summed E-state index contributed by atoms with van der Waals surface area (Å²) in [5.74, 6) is 5.35. The second kappa shape index (κ2) is 4.99. The summed E-state index contributed by atoms with van der Waals surface area (Å²) in [6.07, 6.45) is 15.6. The number of hydrogen-bond donors (Lipinski definition) is 0. The Morgan fingerprint density at radius 2 is 1.65 bits per heavy atom. The van der Waals surface area contributed by atoms with E-state index in [1.165, 1.54) is 19.4 Å². The molecule has 1 saturated heterocycles. The fraction of sp³-hybridized carbons (Fsp3) is 1.00. The lowest BCUT2D eigenvalue weighted by atomic mass is 9.45. The number of likely N-dealkylation sites (tertiary alicyclic amines) is 1. The molecule has 5 fully saturated rings. The quantitative estimate of drug-likeness (QED) is 0.582. The molecule has 0 amide bonds. The molecule has 0 N–H and O–H groups in total. The molecular formula is C22H37N. The number of fused-ring (bicyclic) bond motifs is 4. The lowest BCUT2D eigenvalue weighted by Crippen LogP contribution is -2.53. The summed E-state index contributed by atoms with van der Waals surface area (Å²) in [4.78, 5) is 2.71. The standard InChI is InChI=1S/C22H37N/c1-15-18-9-10-20-17-8-7-16-6-4-5-12-21(16,2)19(17)11-13-22(18,20)14-23(15)3/h15-20H,4-14H2,1-3H3. The van der Waals surface area contributed by atoms with Gasteiger partial charge >= 0.3 is 0 Å². The van der Waals surface area contributed by atoms with Crippen LogP contribution in [-0.2, 0) is 0 Å². The summed E-state index contributed by atoms with van der Waals surface area (Å²) in [7, 11) is 2.40. The summed E-state index contributed by atoms with van der Waals surface area (Å²) >= 11 is 0. The van der Waals surface area contributed by atoms with Gasteiger partial charge in [-0.2, -0.15) is 0 Å². The minimum atomic E-state index is 0.719. The van der Waals surface area contributed by atoms with Gasteiger partial charge in [-0.1, -0.05) is 19.8 Å². The van der Waals surface area contributed by atoms with Gasteiger partial charge in [-0.05, 0) is 106 Å². The molecule has 0 aromatic heterocycles. The smallest absolute Gasteiger partial charge is 0.00982 e. The first-order chi connectivity index (χ1) is 11.1. The molecule has 1 heteroatoms. The van der Waals surface area contributed by atoms with Crippen LogP contribution >= 0.6 is 0 Å². The summed E-state index contributed by atoms with van der Waals surface area (Å²) in [6.45, 7) is 6.67. The maximum atomic E-state index is 2.72. The maximum absolute atomic E-state index is 2.72. The van der Waals surface area contributed by atoms with Gasteiger partial charge in [0.1, 0.15) is 0 Å². The molecule has 1 nitrogen and oxygen atoms in total. The van der Waals surface area contributed by atoms with Crippen LogP contribution in [0.4, 0.5) is 0 Å². The molecule has 8 atom stereocenters. The highest BCUT2D eigenvalue weighted by molar-refractivity contribution is 5.14. The predicted octanol–water partition coefficient (Wildman–Crippen LogP) is 5.35. The van der Waals surface area contributed by atoms with E-state index in [1.807, 2.05) is 0 Å². The van der Waals surface area contributed by atoms with E-state index in [2.05, 4.69) is 25.8 Å². The van der Waals surface area contributed by atoms with Crippen molar-refractivity contribution >= 4 is 0 Å². The average Bonchev–Trinajstić information content (AvgIpc) is 3.02. The van der Waals surface area contributed by atoms with Crippen molar-refractivity contribution in [1.82, 2.24) is 4.90 Å². The second-order valence-corrected chi connectivity index (χ2v) is 10.5. The van der Waals surface area contributed by atoms with Gasteiger partial charge < -0.3 is 4.90 Å². The molecule has 130 valence electrons. The predicted molar refractivity (Wildman–Crippen MR) is 96.3 cm³/mol. The number of rotatable bonds is 0. The van der Waals surface area contributed by atoms with Gasteiger partial charge in [0.25, 0.3) is 0 Å². The highest BCUT2D eigenvalue weighted by Crippen LogP contribution is 2.69. The fourth-order valence-corrected chi connectivity index (χ4v) is 9.10. The van der Waals surface area contributed by atoms with Crippen LogP contribution in [0.1, 0.15) is 78.1 Å². The lowest BCUT2D eigenvalue weighted by Gasteiger charge is -2.60. The molecule has 4 saturated carbocycles. The molecule has 1 aliphatic heterocycles. The third-order valence-corrected chi connectivity index (χ3v) is 10.2. The Morgan fingerprint density at radius 1 is 0.826 bits per heavy atom. The molecule has 8 unspecified atom stereocenters. The van der Waals surface area contributed by atoms with E-state index < -0.39 is 0 Å². The SMILES string of the molecule is CC1C2CCC3C4CCC5CCCCC5(C)C4CCC32CN1C. The Labute approximate surface area is 143 Å². The first-order valence-corrected chi connectivity index (χ1v) is 10.8. The van der Waals surface area contributed by atoms with E-state index in [-0.39, 0.29) is 0 Å². The average molecular weight is 316 g/mol. The second-order valence-electron chi connectivity index (χ2n) is 10.5. The molecule has 5 aliphatic rings. The van der Waals surface area contributed by atoms with Crippen LogP contribution in [0, 0.1) is 40.4 Å². The summed E-state index contributed by atoms with van der Waals surface area (Å²) in [5.41, 5.74) is 1.45. The zero-order valence-corrected chi connectivity index (χ0v) is 15.7. The normalized spacial score (nSPS) is 59.1. The molecule has 0 radical (unpaired) electrons. The van der Waals surface area contributed by atoms with Crippen molar-refractivity contribution in [3.8, 4) is 0 Å². The third-order valence-electron chi connectivity index (χ3n) is 10.2. The van der Waals surface area contributed by atoms with Crippen LogP contribution in [0.2, 0.25) is 0 Å². The van der Waals surface area contributed by atoms with Gasteiger partial charge in [-0.25, -0.2) is 0 Å². The summed E-state index contributed by atoms with van der Waals surface area (Å²) in [5, 5.41) is 0. The number of nitrogens with zero attached hydrogens (tertiary/aromatic N) is 1. The molecule has 23 heavy (non-hydrogen) atoms. The van der Waals surface area contributed by atoms with Crippen LogP contribution in [0.5, 0.6) is 0 Å². The Kier molecular flexibility index (Phi) is 3.31. The molecule has 0 aromatic rings. The van der Waals surface area contributed by atoms with Crippen molar-refractivity contribution < 1.29 is 0 Å². The van der Waals surface area contributed by atoms with Crippen molar-refractivity contribution in [2.75, 3.05) is 13.6 Å². The molecule has 4 aliphatic carbocycles. The first kappa shape index (κ1) is 15.2. The highest BCUT2D eigenvalue weighted by atomic mass is 15.2. The van der Waals surface area contributed by atoms with Crippen molar-refractivity contribution in [1.29, 1.82) is 0 Å². The molecular weight excluding hydrogens is 278 g/mol. The van der Waals surface area contributed by atoms with Crippen LogP contribution in [0.3, 0.4) is 0 Å². The Bertz CT molecular complexity index is 486. The third kappa shape index (κ3) is 1.84. The van der Waals surface area contributed by atoms with Crippen LogP contribution in [0.25, 0.3) is 0 Å². The largest absolute Gasteiger partial charge is 0.303 e. The topological polar surface area (TPSA) is 3.24 Å². The van der Waals surface area contributed by atoms with E-state index in [0.717, 1.165) is 46.5 Å².